The summed E-state index contributed by atoms with van der Waals surface area (Å²) in [6.45, 7) is 1.81. The fourth-order valence-corrected chi connectivity index (χ4v) is 5.00. The molecule has 2 aromatic carbocycles. The molecular weight excluding hydrogens is 494 g/mol. The molecule has 186 valence electrons. The van der Waals surface area contributed by atoms with Crippen LogP contribution in [0.1, 0.15) is 16.7 Å². The fourth-order valence-electron chi connectivity index (χ4n) is 3.82. The molecule has 8 nitrogen and oxygen atoms in total. The van der Waals surface area contributed by atoms with Crippen LogP contribution in [0, 0.1) is 18.6 Å². The van der Waals surface area contributed by atoms with Gasteiger partial charge in [0.2, 0.25) is 10.0 Å². The third kappa shape index (κ3) is 4.54. The molecule has 4 aromatic rings. The van der Waals surface area contributed by atoms with Crippen molar-refractivity contribution in [3.05, 3.63) is 93.5 Å². The van der Waals surface area contributed by atoms with Crippen molar-refractivity contribution in [2.45, 2.75) is 18.6 Å². The van der Waals surface area contributed by atoms with Crippen molar-refractivity contribution in [1.82, 2.24) is 4.98 Å². The Balaban J connectivity index is 1.44. The van der Waals surface area contributed by atoms with Gasteiger partial charge < -0.3 is 13.9 Å². The van der Waals surface area contributed by atoms with Crippen molar-refractivity contribution in [2.24, 2.45) is 0 Å². The van der Waals surface area contributed by atoms with E-state index >= 15 is 4.39 Å². The third-order valence-corrected chi connectivity index (χ3v) is 7.60. The number of halogens is 2. The number of aromatic nitrogens is 1. The summed E-state index contributed by atoms with van der Waals surface area (Å²) in [6.07, 6.45) is 1.27. The van der Waals surface area contributed by atoms with Gasteiger partial charge >= 0.3 is 5.63 Å². The first-order valence-corrected chi connectivity index (χ1v) is 12.5. The average Bonchev–Trinajstić information content (AvgIpc) is 2.78. The van der Waals surface area contributed by atoms with E-state index in [-0.39, 0.29) is 53.7 Å². The number of nitrogens with zero attached hydrogens (tertiary/aromatic N) is 1. The van der Waals surface area contributed by atoms with Crippen LogP contribution in [0.5, 0.6) is 11.6 Å². The van der Waals surface area contributed by atoms with Crippen LogP contribution in [0.4, 0.5) is 14.5 Å². The molecule has 0 amide bonds. The van der Waals surface area contributed by atoms with E-state index in [4.69, 9.17) is 13.9 Å². The van der Waals surface area contributed by atoms with Crippen LogP contribution in [0.2, 0.25) is 0 Å². The van der Waals surface area contributed by atoms with Gasteiger partial charge in [-0.1, -0.05) is 12.1 Å². The number of hydrogen-bond acceptors (Lipinski definition) is 7. The van der Waals surface area contributed by atoms with Gasteiger partial charge in [0.15, 0.2) is 11.6 Å². The largest absolute Gasteiger partial charge is 0.436 e. The number of nitrogens with one attached hydrogen (secondary N) is 1. The zero-order chi connectivity index (χ0) is 25.4. The van der Waals surface area contributed by atoms with Crippen molar-refractivity contribution < 1.29 is 31.1 Å². The number of ether oxygens (including phenoxy) is 2. The molecule has 36 heavy (non-hydrogen) atoms. The number of pyridine rings is 1. The Morgan fingerprint density at radius 2 is 1.94 bits per heavy atom. The zero-order valence-corrected chi connectivity index (χ0v) is 19.8. The number of fused-ring (bicyclic) bond motifs is 1. The maximum atomic E-state index is 15.2. The number of anilines is 1. The van der Waals surface area contributed by atoms with Gasteiger partial charge in [-0.2, -0.15) is 0 Å². The Morgan fingerprint density at radius 3 is 2.67 bits per heavy atom. The Labute approximate surface area is 204 Å². The standard InChI is InChI=1S/C25H20F2N2O6S/c1-14-18-8-7-16(34-24-20(26)5-3-9-28-24)11-22(18)35-25(30)19(14)10-15-4-2-6-21(23(15)27)29-36(31,32)17-12-33-13-17/h2-9,11,17,29H,10,12-13H2,1H3. The van der Waals surface area contributed by atoms with Gasteiger partial charge in [0, 0.05) is 29.6 Å². The monoisotopic (exact) mass is 514 g/mol. The first-order valence-electron chi connectivity index (χ1n) is 10.9. The summed E-state index contributed by atoms with van der Waals surface area (Å²) in [5.74, 6) is -1.42. The summed E-state index contributed by atoms with van der Waals surface area (Å²) in [6, 6.07) is 11.6. The van der Waals surface area contributed by atoms with Crippen LogP contribution in [-0.4, -0.2) is 31.9 Å². The minimum absolute atomic E-state index is 0.0531. The van der Waals surface area contributed by atoms with Gasteiger partial charge in [0.25, 0.3) is 5.88 Å². The summed E-state index contributed by atoms with van der Waals surface area (Å²) in [7, 11) is -3.80. The molecule has 5 rings (SSSR count). The lowest BCUT2D eigenvalue weighted by molar-refractivity contribution is 0.0418. The second-order valence-corrected chi connectivity index (χ2v) is 10.3. The molecule has 0 atom stereocenters. The Morgan fingerprint density at radius 1 is 1.14 bits per heavy atom. The minimum Gasteiger partial charge on any atom is -0.436 e. The summed E-state index contributed by atoms with van der Waals surface area (Å²) < 4.78 is 71.9. The van der Waals surface area contributed by atoms with Gasteiger partial charge in [0.05, 0.1) is 18.9 Å². The van der Waals surface area contributed by atoms with Gasteiger partial charge in [-0.05, 0) is 48.4 Å². The first kappa shape index (κ1) is 23.9. The highest BCUT2D eigenvalue weighted by Crippen LogP contribution is 2.29. The average molecular weight is 515 g/mol. The van der Waals surface area contributed by atoms with Crippen LogP contribution in [0.3, 0.4) is 0 Å². The molecule has 0 aliphatic carbocycles. The van der Waals surface area contributed by atoms with Crippen LogP contribution < -0.4 is 15.1 Å². The van der Waals surface area contributed by atoms with E-state index in [1.165, 1.54) is 42.6 Å². The summed E-state index contributed by atoms with van der Waals surface area (Å²) in [5, 5.41) is -0.154. The molecule has 1 saturated heterocycles. The maximum Gasteiger partial charge on any atom is 0.340 e. The molecule has 0 spiro atoms. The molecule has 11 heteroatoms. The van der Waals surface area contributed by atoms with Crippen LogP contribution in [-0.2, 0) is 21.2 Å². The number of benzene rings is 2. The summed E-state index contributed by atoms with van der Waals surface area (Å²) >= 11 is 0. The van der Waals surface area contributed by atoms with Crippen LogP contribution in [0.25, 0.3) is 11.0 Å². The van der Waals surface area contributed by atoms with Gasteiger partial charge in [0.1, 0.15) is 16.6 Å². The quantitative estimate of drug-likeness (QED) is 0.367. The van der Waals surface area contributed by atoms with E-state index in [2.05, 4.69) is 9.71 Å². The Hall–Kier alpha value is -3.83. The zero-order valence-electron chi connectivity index (χ0n) is 19.0. The van der Waals surface area contributed by atoms with Gasteiger partial charge in [-0.25, -0.2) is 27.0 Å². The van der Waals surface area contributed by atoms with Crippen LogP contribution >= 0.6 is 0 Å². The highest BCUT2D eigenvalue weighted by molar-refractivity contribution is 7.93. The molecule has 0 saturated carbocycles. The normalized spacial score (nSPS) is 14.0. The molecule has 3 heterocycles. The molecule has 0 unspecified atom stereocenters. The van der Waals surface area contributed by atoms with Crippen molar-refractivity contribution in [1.29, 1.82) is 0 Å². The van der Waals surface area contributed by atoms with E-state index in [9.17, 15) is 17.6 Å². The molecule has 0 bridgehead atoms. The third-order valence-electron chi connectivity index (χ3n) is 5.94. The van der Waals surface area contributed by atoms with E-state index < -0.39 is 32.5 Å². The Bertz CT molecular complexity index is 1630. The number of rotatable bonds is 7. The van der Waals surface area contributed by atoms with Crippen molar-refractivity contribution in [3.8, 4) is 11.6 Å². The predicted molar refractivity (Wildman–Crippen MR) is 128 cm³/mol. The predicted octanol–water partition coefficient (Wildman–Crippen LogP) is 4.30. The van der Waals surface area contributed by atoms with E-state index in [0.29, 0.717) is 10.9 Å². The minimum atomic E-state index is -3.80. The number of sulfonamides is 1. The molecule has 1 aliphatic rings. The highest BCUT2D eigenvalue weighted by atomic mass is 32.2. The van der Waals surface area contributed by atoms with Crippen molar-refractivity contribution in [2.75, 3.05) is 17.9 Å². The molecule has 1 fully saturated rings. The highest BCUT2D eigenvalue weighted by Gasteiger charge is 2.33. The lowest BCUT2D eigenvalue weighted by Crippen LogP contribution is -2.43. The number of hydrogen-bond donors (Lipinski definition) is 1. The lowest BCUT2D eigenvalue weighted by Gasteiger charge is -2.26. The lowest BCUT2D eigenvalue weighted by atomic mass is 9.99. The first-order chi connectivity index (χ1) is 17.2. The Kier molecular flexibility index (Phi) is 6.19. The molecule has 0 radical (unpaired) electrons. The van der Waals surface area contributed by atoms with E-state index in [0.717, 1.165) is 0 Å². The molecule has 1 N–H and O–H groups in total. The second kappa shape index (κ2) is 9.32. The van der Waals surface area contributed by atoms with E-state index in [1.807, 2.05) is 0 Å². The summed E-state index contributed by atoms with van der Waals surface area (Å²) in [4.78, 5) is 16.6. The maximum absolute atomic E-state index is 15.2. The van der Waals surface area contributed by atoms with Gasteiger partial charge in [-0.3, -0.25) is 4.72 Å². The SMILES string of the molecule is Cc1c(Cc2cccc(NS(=O)(=O)C3COC3)c2F)c(=O)oc2cc(Oc3ncccc3F)ccc12. The van der Waals surface area contributed by atoms with Gasteiger partial charge in [-0.15, -0.1) is 0 Å². The topological polar surface area (TPSA) is 108 Å². The number of aryl methyl sites for hydroxylation is 1. The smallest absolute Gasteiger partial charge is 0.340 e. The van der Waals surface area contributed by atoms with E-state index in [1.54, 1.807) is 19.1 Å². The molecule has 2 aromatic heterocycles. The van der Waals surface area contributed by atoms with Crippen molar-refractivity contribution in [3.63, 3.8) is 0 Å². The van der Waals surface area contributed by atoms with Crippen LogP contribution in [0.15, 0.2) is 63.9 Å². The van der Waals surface area contributed by atoms with Crippen molar-refractivity contribution >= 4 is 26.7 Å². The fraction of sp³-hybridized carbons (Fsp3) is 0.200. The molecular formula is C25H20F2N2O6S. The second-order valence-electron chi connectivity index (χ2n) is 8.31. The summed E-state index contributed by atoms with van der Waals surface area (Å²) in [5.41, 5.74) is 0.233. The molecule has 1 aliphatic heterocycles.